The highest BCUT2D eigenvalue weighted by Gasteiger charge is 2.26. The van der Waals surface area contributed by atoms with Crippen LogP contribution >= 0.6 is 11.6 Å². The molecule has 1 saturated heterocycles. The maximum atomic E-state index is 12.8. The smallest absolute Gasteiger partial charge is 0.228 e. The van der Waals surface area contributed by atoms with E-state index in [-0.39, 0.29) is 11.8 Å². The maximum Gasteiger partial charge on any atom is 0.228 e. The Hall–Kier alpha value is -2.72. The first kappa shape index (κ1) is 20.5. The van der Waals surface area contributed by atoms with Crippen LogP contribution < -0.4 is 0 Å². The molecule has 1 aliphatic rings. The number of carbonyl (C=O) groups excluding carboxylic acids is 1. The van der Waals surface area contributed by atoms with Crippen LogP contribution in [-0.4, -0.2) is 33.9 Å². The van der Waals surface area contributed by atoms with E-state index in [1.54, 1.807) is 6.20 Å². The van der Waals surface area contributed by atoms with Gasteiger partial charge in [0.1, 0.15) is 0 Å². The Morgan fingerprint density at radius 2 is 2.00 bits per heavy atom. The van der Waals surface area contributed by atoms with Gasteiger partial charge >= 0.3 is 0 Å². The summed E-state index contributed by atoms with van der Waals surface area (Å²) in [5.74, 6) is 0.402. The number of amides is 1. The number of rotatable bonds is 5. The number of piperidine rings is 1. The molecule has 3 heterocycles. The number of aromatic nitrogens is 2. The Kier molecular flexibility index (Phi) is 6.44. The normalized spacial score (nSPS) is 16.5. The number of nitrogens with zero attached hydrogens (tertiary/aromatic N) is 3. The molecule has 30 heavy (non-hydrogen) atoms. The van der Waals surface area contributed by atoms with Crippen LogP contribution in [0.2, 0.25) is 5.02 Å². The fourth-order valence-corrected chi connectivity index (χ4v) is 4.36. The molecule has 0 bridgehead atoms. The van der Waals surface area contributed by atoms with E-state index < -0.39 is 0 Å². The van der Waals surface area contributed by atoms with Crippen LogP contribution in [0.1, 0.15) is 47.0 Å². The lowest BCUT2D eigenvalue weighted by Gasteiger charge is -2.33. The molecule has 4 rings (SSSR count). The van der Waals surface area contributed by atoms with Crippen LogP contribution in [0.15, 0.2) is 60.8 Å². The van der Waals surface area contributed by atoms with Gasteiger partial charge in [0.2, 0.25) is 5.91 Å². The van der Waals surface area contributed by atoms with Gasteiger partial charge in [-0.15, -0.1) is 0 Å². The number of benzene rings is 1. The molecular weight excluding hydrogens is 394 g/mol. The summed E-state index contributed by atoms with van der Waals surface area (Å²) in [7, 11) is 0. The average molecular weight is 420 g/mol. The Bertz CT molecular complexity index is 1020. The molecular formula is C25H26ClN3O. The summed E-state index contributed by atoms with van der Waals surface area (Å²) in [6.07, 6.45) is 4.92. The molecule has 0 unspecified atom stereocenters. The Morgan fingerprint density at radius 3 is 2.80 bits per heavy atom. The van der Waals surface area contributed by atoms with E-state index in [1.165, 1.54) is 5.56 Å². The van der Waals surface area contributed by atoms with Crippen molar-refractivity contribution in [3.8, 4) is 0 Å². The van der Waals surface area contributed by atoms with E-state index in [0.29, 0.717) is 13.0 Å². The third-order valence-electron chi connectivity index (χ3n) is 5.64. The molecule has 1 fully saturated rings. The summed E-state index contributed by atoms with van der Waals surface area (Å²) in [6, 6.07) is 18.0. The summed E-state index contributed by atoms with van der Waals surface area (Å²) >= 11 is 6.36. The second kappa shape index (κ2) is 9.40. The summed E-state index contributed by atoms with van der Waals surface area (Å²) in [4.78, 5) is 23.9. The predicted molar refractivity (Wildman–Crippen MR) is 120 cm³/mol. The van der Waals surface area contributed by atoms with Gasteiger partial charge in [0.05, 0.1) is 6.42 Å². The third kappa shape index (κ3) is 5.06. The summed E-state index contributed by atoms with van der Waals surface area (Å²) in [5.41, 5.74) is 5.23. The van der Waals surface area contributed by atoms with E-state index in [4.69, 9.17) is 16.6 Å². The van der Waals surface area contributed by atoms with Gasteiger partial charge < -0.3 is 4.90 Å². The fraction of sp³-hybridized carbons (Fsp3) is 0.320. The number of aryl methyl sites for hydroxylation is 1. The number of hydrogen-bond acceptors (Lipinski definition) is 3. The highest BCUT2D eigenvalue weighted by Crippen LogP contribution is 2.28. The molecule has 1 aromatic carbocycles. The first-order valence-corrected chi connectivity index (χ1v) is 10.8. The summed E-state index contributed by atoms with van der Waals surface area (Å²) < 4.78 is 0. The molecule has 4 nitrogen and oxygen atoms in total. The second-order valence-corrected chi connectivity index (χ2v) is 8.39. The van der Waals surface area contributed by atoms with Gasteiger partial charge in [0.15, 0.2) is 0 Å². The minimum Gasteiger partial charge on any atom is -0.342 e. The molecule has 1 aliphatic heterocycles. The van der Waals surface area contributed by atoms with Crippen molar-refractivity contribution in [2.45, 2.75) is 38.5 Å². The number of carbonyl (C=O) groups is 1. The third-order valence-corrected chi connectivity index (χ3v) is 6.01. The van der Waals surface area contributed by atoms with E-state index >= 15 is 0 Å². The van der Waals surface area contributed by atoms with Gasteiger partial charge in [-0.2, -0.15) is 0 Å². The monoisotopic (exact) mass is 419 g/mol. The number of hydrogen-bond donors (Lipinski definition) is 0. The molecule has 0 spiro atoms. The van der Waals surface area contributed by atoms with Crippen LogP contribution in [0.5, 0.6) is 0 Å². The van der Waals surface area contributed by atoms with Crippen molar-refractivity contribution in [3.05, 3.63) is 94.0 Å². The molecule has 5 heteroatoms. The fourth-order valence-electron chi connectivity index (χ4n) is 4.16. The summed E-state index contributed by atoms with van der Waals surface area (Å²) in [5, 5.41) is 0.789. The molecule has 1 atom stereocenters. The van der Waals surface area contributed by atoms with E-state index in [0.717, 1.165) is 53.5 Å². The minimum atomic E-state index is 0.141. The van der Waals surface area contributed by atoms with E-state index in [2.05, 4.69) is 23.2 Å². The molecule has 2 aromatic heterocycles. The van der Waals surface area contributed by atoms with Gasteiger partial charge in [0.25, 0.3) is 0 Å². The first-order chi connectivity index (χ1) is 14.6. The Balaban J connectivity index is 1.48. The molecule has 0 saturated carbocycles. The average Bonchev–Trinajstić information content (AvgIpc) is 2.76. The topological polar surface area (TPSA) is 46.1 Å². The minimum absolute atomic E-state index is 0.141. The molecule has 0 aliphatic carbocycles. The van der Waals surface area contributed by atoms with Crippen molar-refractivity contribution in [3.63, 3.8) is 0 Å². The van der Waals surface area contributed by atoms with Gasteiger partial charge in [-0.1, -0.05) is 35.9 Å². The zero-order valence-electron chi connectivity index (χ0n) is 17.2. The van der Waals surface area contributed by atoms with Crippen LogP contribution in [-0.2, 0) is 17.6 Å². The van der Waals surface area contributed by atoms with Crippen molar-refractivity contribution in [2.75, 3.05) is 13.1 Å². The number of pyridine rings is 2. The van der Waals surface area contributed by atoms with Crippen molar-refractivity contribution >= 4 is 17.5 Å². The zero-order valence-corrected chi connectivity index (χ0v) is 18.0. The molecule has 3 aromatic rings. The molecule has 0 radical (unpaired) electrons. The van der Waals surface area contributed by atoms with Crippen LogP contribution in [0, 0.1) is 6.92 Å². The Labute approximate surface area is 182 Å². The van der Waals surface area contributed by atoms with Gasteiger partial charge in [-0.25, -0.2) is 0 Å². The van der Waals surface area contributed by atoms with Crippen LogP contribution in [0.3, 0.4) is 0 Å². The van der Waals surface area contributed by atoms with Gasteiger partial charge in [0, 0.05) is 47.3 Å². The molecule has 154 valence electrons. The SMILES string of the molecule is Cc1cc(Cc2ccccc2Cl)cc([C@H]2CCCN(C(=O)Cc3ccccn3)C2)n1. The van der Waals surface area contributed by atoms with Crippen LogP contribution in [0.25, 0.3) is 0 Å². The first-order valence-electron chi connectivity index (χ1n) is 10.5. The van der Waals surface area contributed by atoms with E-state index in [1.807, 2.05) is 48.2 Å². The molecule has 0 N–H and O–H groups in total. The highest BCUT2D eigenvalue weighted by molar-refractivity contribution is 6.31. The van der Waals surface area contributed by atoms with Crippen molar-refractivity contribution < 1.29 is 4.79 Å². The van der Waals surface area contributed by atoms with E-state index in [9.17, 15) is 4.79 Å². The van der Waals surface area contributed by atoms with Gasteiger partial charge in [-0.05, 0) is 67.6 Å². The summed E-state index contributed by atoms with van der Waals surface area (Å²) in [6.45, 7) is 3.56. The quantitative estimate of drug-likeness (QED) is 0.586. The van der Waals surface area contributed by atoms with Crippen molar-refractivity contribution in [1.29, 1.82) is 0 Å². The lowest BCUT2D eigenvalue weighted by atomic mass is 9.92. The highest BCUT2D eigenvalue weighted by atomic mass is 35.5. The maximum absolute atomic E-state index is 12.8. The van der Waals surface area contributed by atoms with Gasteiger partial charge in [-0.3, -0.25) is 14.8 Å². The Morgan fingerprint density at radius 1 is 1.17 bits per heavy atom. The predicted octanol–water partition coefficient (Wildman–Crippen LogP) is 4.98. The zero-order chi connectivity index (χ0) is 20.9. The van der Waals surface area contributed by atoms with Crippen molar-refractivity contribution in [2.24, 2.45) is 0 Å². The second-order valence-electron chi connectivity index (χ2n) is 7.99. The molecule has 1 amide bonds. The van der Waals surface area contributed by atoms with Crippen molar-refractivity contribution in [1.82, 2.24) is 14.9 Å². The number of likely N-dealkylation sites (tertiary alicyclic amines) is 1. The van der Waals surface area contributed by atoms with Crippen LogP contribution in [0.4, 0.5) is 0 Å². The lowest BCUT2D eigenvalue weighted by molar-refractivity contribution is -0.131. The largest absolute Gasteiger partial charge is 0.342 e. The number of halogens is 1. The standard InChI is InChI=1S/C25H26ClN3O/c1-18-13-19(14-20-7-2-3-10-23(20)26)15-24(28-18)21-8-6-12-29(17-21)25(30)16-22-9-4-5-11-27-22/h2-5,7,9-11,13,15,21H,6,8,12,14,16-17H2,1H3/t21-/m0/s1. The lowest BCUT2D eigenvalue weighted by Crippen LogP contribution is -2.40.